The molecule has 8 heteroatoms. The summed E-state index contributed by atoms with van der Waals surface area (Å²) in [6.45, 7) is 1.87. The SMILES string of the molecule is Cc1nc(-c2ccccn2)sc1C(=O)N1C2CCC1C1C=C(C(=O)NO)C=CC12. The van der Waals surface area contributed by atoms with Crippen LogP contribution >= 0.6 is 11.3 Å². The first-order valence-electron chi connectivity index (χ1n) is 9.64. The highest BCUT2D eigenvalue weighted by Crippen LogP contribution is 2.50. The Hall–Kier alpha value is -2.84. The van der Waals surface area contributed by atoms with E-state index in [1.165, 1.54) is 11.3 Å². The number of hydrogen-bond donors (Lipinski definition) is 2. The van der Waals surface area contributed by atoms with Crippen LogP contribution in [0.5, 0.6) is 0 Å². The van der Waals surface area contributed by atoms with E-state index in [9.17, 15) is 9.59 Å². The average molecular weight is 408 g/mol. The summed E-state index contributed by atoms with van der Waals surface area (Å²) in [4.78, 5) is 36.9. The summed E-state index contributed by atoms with van der Waals surface area (Å²) in [7, 11) is 0. The highest BCUT2D eigenvalue weighted by atomic mass is 32.1. The van der Waals surface area contributed by atoms with Crippen LogP contribution in [0.15, 0.2) is 48.2 Å². The van der Waals surface area contributed by atoms with Crippen molar-refractivity contribution < 1.29 is 14.8 Å². The Kier molecular flexibility index (Phi) is 4.33. The van der Waals surface area contributed by atoms with Crippen LogP contribution in [-0.2, 0) is 4.79 Å². The van der Waals surface area contributed by atoms with E-state index in [1.54, 1.807) is 17.8 Å². The number of nitrogens with zero attached hydrogens (tertiary/aromatic N) is 3. The number of aromatic nitrogens is 2. The Morgan fingerprint density at radius 3 is 2.76 bits per heavy atom. The van der Waals surface area contributed by atoms with E-state index < -0.39 is 5.91 Å². The van der Waals surface area contributed by atoms with Crippen molar-refractivity contribution in [2.75, 3.05) is 0 Å². The van der Waals surface area contributed by atoms with E-state index >= 15 is 0 Å². The molecule has 2 aromatic rings. The quantitative estimate of drug-likeness (QED) is 0.601. The largest absolute Gasteiger partial charge is 0.331 e. The first-order chi connectivity index (χ1) is 14.1. The van der Waals surface area contributed by atoms with Crippen molar-refractivity contribution >= 4 is 23.2 Å². The topological polar surface area (TPSA) is 95.4 Å². The number of amides is 2. The number of carbonyl (C=O) groups is 2. The van der Waals surface area contributed by atoms with Crippen molar-refractivity contribution in [1.29, 1.82) is 0 Å². The standard InChI is InChI=1S/C21H20N4O3S/c1-11-18(29-20(23-11)15-4-2-3-9-22-15)21(27)25-16-7-8-17(25)14-10-12(19(26)24-28)5-6-13(14)16/h2-6,9-10,13-14,16-17,28H,7-8H2,1H3,(H,24,26). The lowest BCUT2D eigenvalue weighted by Gasteiger charge is -2.26. The number of thiazole rings is 1. The first kappa shape index (κ1) is 18.2. The average Bonchev–Trinajstić information content (AvgIpc) is 3.45. The van der Waals surface area contributed by atoms with Crippen LogP contribution in [0.3, 0.4) is 0 Å². The molecule has 2 saturated heterocycles. The molecule has 3 aliphatic rings. The molecule has 7 nitrogen and oxygen atoms in total. The lowest BCUT2D eigenvalue weighted by atomic mass is 9.75. The van der Waals surface area contributed by atoms with Crippen LogP contribution in [-0.4, -0.2) is 44.0 Å². The molecule has 0 radical (unpaired) electrons. The Morgan fingerprint density at radius 1 is 1.24 bits per heavy atom. The molecular formula is C21H20N4O3S. The molecule has 2 aliphatic heterocycles. The van der Waals surface area contributed by atoms with Crippen molar-refractivity contribution in [2.24, 2.45) is 11.8 Å². The van der Waals surface area contributed by atoms with Gasteiger partial charge < -0.3 is 4.90 Å². The molecule has 2 N–H and O–H groups in total. The predicted molar refractivity (Wildman–Crippen MR) is 107 cm³/mol. The lowest BCUT2D eigenvalue weighted by molar-refractivity contribution is -0.125. The van der Waals surface area contributed by atoms with Gasteiger partial charge in [-0.05, 0) is 31.9 Å². The zero-order valence-corrected chi connectivity index (χ0v) is 16.6. The van der Waals surface area contributed by atoms with Crippen LogP contribution in [0.4, 0.5) is 0 Å². The monoisotopic (exact) mass is 408 g/mol. The molecule has 2 aromatic heterocycles. The van der Waals surface area contributed by atoms with Crippen LogP contribution < -0.4 is 5.48 Å². The number of hydroxylamine groups is 1. The molecule has 2 bridgehead atoms. The second-order valence-electron chi connectivity index (χ2n) is 7.65. The van der Waals surface area contributed by atoms with Gasteiger partial charge in [-0.3, -0.25) is 19.8 Å². The molecule has 0 saturated carbocycles. The van der Waals surface area contributed by atoms with E-state index in [4.69, 9.17) is 5.21 Å². The second kappa shape index (κ2) is 6.89. The summed E-state index contributed by atoms with van der Waals surface area (Å²) in [5.41, 5.74) is 3.63. The fourth-order valence-electron chi connectivity index (χ4n) is 4.92. The Morgan fingerprint density at radius 2 is 2.03 bits per heavy atom. The molecule has 1 aliphatic carbocycles. The maximum atomic E-state index is 13.5. The Bertz CT molecular complexity index is 1050. The summed E-state index contributed by atoms with van der Waals surface area (Å²) < 4.78 is 0. The molecule has 0 spiro atoms. The molecule has 0 aromatic carbocycles. The third kappa shape index (κ3) is 2.82. The number of hydrogen-bond acceptors (Lipinski definition) is 6. The van der Waals surface area contributed by atoms with Gasteiger partial charge in [-0.15, -0.1) is 11.3 Å². The van der Waals surface area contributed by atoms with Gasteiger partial charge in [0.1, 0.15) is 9.88 Å². The van der Waals surface area contributed by atoms with Crippen molar-refractivity contribution in [3.05, 3.63) is 58.8 Å². The number of rotatable bonds is 3. The van der Waals surface area contributed by atoms with E-state index in [2.05, 4.69) is 9.97 Å². The van der Waals surface area contributed by atoms with Crippen LogP contribution in [0.1, 0.15) is 28.2 Å². The summed E-state index contributed by atoms with van der Waals surface area (Å²) >= 11 is 1.39. The van der Waals surface area contributed by atoms with Crippen molar-refractivity contribution in [1.82, 2.24) is 20.3 Å². The minimum absolute atomic E-state index is 0.0130. The van der Waals surface area contributed by atoms with Crippen molar-refractivity contribution in [2.45, 2.75) is 31.8 Å². The highest BCUT2D eigenvalue weighted by molar-refractivity contribution is 7.17. The zero-order chi connectivity index (χ0) is 20.1. The lowest BCUT2D eigenvalue weighted by Crippen LogP contribution is -2.36. The molecule has 29 heavy (non-hydrogen) atoms. The minimum Gasteiger partial charge on any atom is -0.331 e. The van der Waals surface area contributed by atoms with Crippen molar-refractivity contribution in [3.63, 3.8) is 0 Å². The maximum Gasteiger partial charge on any atom is 0.274 e. The van der Waals surface area contributed by atoms with E-state index in [0.29, 0.717) is 10.5 Å². The molecule has 5 rings (SSSR count). The van der Waals surface area contributed by atoms with Gasteiger partial charge in [-0.1, -0.05) is 24.3 Å². The van der Waals surface area contributed by atoms with Gasteiger partial charge in [0.25, 0.3) is 11.8 Å². The number of fused-ring (bicyclic) bond motifs is 5. The summed E-state index contributed by atoms with van der Waals surface area (Å²) in [5, 5.41) is 9.67. The first-order valence-corrected chi connectivity index (χ1v) is 10.5. The Balaban J connectivity index is 1.45. The van der Waals surface area contributed by atoms with Gasteiger partial charge in [0, 0.05) is 35.7 Å². The molecule has 2 fully saturated rings. The van der Waals surface area contributed by atoms with Crippen LogP contribution in [0.2, 0.25) is 0 Å². The van der Waals surface area contributed by atoms with Gasteiger partial charge in [0.2, 0.25) is 0 Å². The number of carbonyl (C=O) groups excluding carboxylic acids is 2. The second-order valence-corrected chi connectivity index (χ2v) is 8.65. The van der Waals surface area contributed by atoms with Crippen molar-refractivity contribution in [3.8, 4) is 10.7 Å². The fraction of sp³-hybridized carbons (Fsp3) is 0.333. The highest BCUT2D eigenvalue weighted by Gasteiger charge is 2.54. The van der Waals surface area contributed by atoms with Gasteiger partial charge in [0.15, 0.2) is 0 Å². The van der Waals surface area contributed by atoms with E-state index in [-0.39, 0.29) is 29.8 Å². The molecule has 4 unspecified atom stereocenters. The van der Waals surface area contributed by atoms with Crippen LogP contribution in [0, 0.1) is 18.8 Å². The molecule has 148 valence electrons. The molecular weight excluding hydrogens is 388 g/mol. The van der Waals surface area contributed by atoms with Gasteiger partial charge >= 0.3 is 0 Å². The number of aryl methyl sites for hydroxylation is 1. The summed E-state index contributed by atoms with van der Waals surface area (Å²) in [6, 6.07) is 5.84. The normalized spacial score (nSPS) is 27.0. The number of pyridine rings is 1. The fourth-order valence-corrected chi connectivity index (χ4v) is 5.91. The van der Waals surface area contributed by atoms with Gasteiger partial charge in [-0.25, -0.2) is 10.5 Å². The third-order valence-electron chi connectivity index (χ3n) is 6.15. The Labute approximate surface area is 171 Å². The predicted octanol–water partition coefficient (Wildman–Crippen LogP) is 2.73. The van der Waals surface area contributed by atoms with Gasteiger partial charge in [0.05, 0.1) is 11.4 Å². The molecule has 2 amide bonds. The zero-order valence-electron chi connectivity index (χ0n) is 15.8. The number of nitrogens with one attached hydrogen (secondary N) is 1. The smallest absolute Gasteiger partial charge is 0.274 e. The third-order valence-corrected chi connectivity index (χ3v) is 7.32. The minimum atomic E-state index is -0.515. The van der Waals surface area contributed by atoms with Crippen LogP contribution in [0.25, 0.3) is 10.7 Å². The summed E-state index contributed by atoms with van der Waals surface area (Å²) in [6.07, 6.45) is 9.26. The van der Waals surface area contributed by atoms with Gasteiger partial charge in [-0.2, -0.15) is 0 Å². The molecule has 4 atom stereocenters. The molecule has 4 heterocycles. The summed E-state index contributed by atoms with van der Waals surface area (Å²) in [5.74, 6) is -0.201. The van der Waals surface area contributed by atoms with E-state index in [0.717, 1.165) is 29.2 Å². The van der Waals surface area contributed by atoms with E-state index in [1.807, 2.05) is 42.2 Å². The maximum absolute atomic E-state index is 13.5.